The molecule has 0 saturated heterocycles. The van der Waals surface area contributed by atoms with Gasteiger partial charge in [-0.1, -0.05) is 145 Å². The number of phosphoric ester groups is 1. The summed E-state index contributed by atoms with van der Waals surface area (Å²) in [6, 6.07) is 0. The summed E-state index contributed by atoms with van der Waals surface area (Å²) in [4.78, 5) is 42.6. The lowest BCUT2D eigenvalue weighted by Crippen LogP contribution is -2.29. The third-order valence-corrected chi connectivity index (χ3v) is 7.79. The Morgan fingerprint density at radius 2 is 1.02 bits per heavy atom. The lowest BCUT2D eigenvalue weighted by Gasteiger charge is -2.18. The van der Waals surface area contributed by atoms with Crippen LogP contribution in [0.4, 0.5) is 0 Å². The summed E-state index contributed by atoms with van der Waals surface area (Å²) in [5.41, 5.74) is 0. The Hall–Kier alpha value is -2.25. The molecule has 0 aliphatic rings. The molecule has 0 fully saturated rings. The molecule has 0 rings (SSSR count). The van der Waals surface area contributed by atoms with Gasteiger partial charge in [-0.15, -0.1) is 0 Å². The monoisotopic (exact) mass is 680 g/mol. The molecule has 2 N–H and O–H groups in total. The van der Waals surface area contributed by atoms with Crippen LogP contribution in [0.25, 0.3) is 0 Å². The quantitative estimate of drug-likeness (QED) is 0.0312. The fraction of sp³-hybridized carbons (Fsp3) is 0.684. The van der Waals surface area contributed by atoms with Gasteiger partial charge < -0.3 is 19.3 Å². The molecule has 0 spiro atoms. The molecule has 0 aliphatic heterocycles. The van der Waals surface area contributed by atoms with E-state index in [1.807, 2.05) is 12.2 Å². The maximum atomic E-state index is 12.3. The number of esters is 2. The summed E-state index contributed by atoms with van der Waals surface area (Å²) < 4.78 is 26.2. The third-order valence-electron chi connectivity index (χ3n) is 7.30. The molecule has 47 heavy (non-hydrogen) atoms. The Labute approximate surface area is 286 Å². The summed E-state index contributed by atoms with van der Waals surface area (Å²) in [6.45, 7) is 3.50. The molecule has 0 aromatic heterocycles. The van der Waals surface area contributed by atoms with Crippen molar-refractivity contribution in [3.8, 4) is 0 Å². The number of carbonyl (C=O) groups is 2. The number of hydrogen-bond donors (Lipinski definition) is 2. The Kier molecular flexibility index (Phi) is 32.0. The van der Waals surface area contributed by atoms with Crippen LogP contribution in [0.15, 0.2) is 60.8 Å². The van der Waals surface area contributed by atoms with Crippen molar-refractivity contribution >= 4 is 19.8 Å². The third kappa shape index (κ3) is 36.4. The lowest BCUT2D eigenvalue weighted by atomic mass is 10.0. The molecule has 0 bridgehead atoms. The van der Waals surface area contributed by atoms with E-state index in [4.69, 9.17) is 19.3 Å². The minimum absolute atomic E-state index is 0.132. The molecule has 8 nitrogen and oxygen atoms in total. The van der Waals surface area contributed by atoms with Crippen molar-refractivity contribution in [3.05, 3.63) is 60.8 Å². The molecule has 1 atom stereocenters. The van der Waals surface area contributed by atoms with E-state index in [0.717, 1.165) is 51.4 Å². The first-order chi connectivity index (χ1) is 22.8. The standard InChI is InChI=1S/C38H65O8P/c1-3-5-7-9-11-13-15-17-18-19-20-21-23-25-27-29-31-33-38(40)46-36(35-45-47(41,42)43)34-44-37(39)32-30-28-26-24-22-16-14-12-10-8-6-4-2/h5,7,11,13,17-18,20-21,25,27,36H,3-4,6,8-10,12,14-16,19,22-24,26,28-35H2,1-2H3,(H2,41,42,43)/b7-5+,13-11+,18-17+,21-20+,27-25+/t36-/m1/s1. The zero-order chi connectivity index (χ0) is 34.7. The van der Waals surface area contributed by atoms with Gasteiger partial charge in [0.2, 0.25) is 0 Å². The van der Waals surface area contributed by atoms with Crippen LogP contribution in [0.3, 0.4) is 0 Å². The van der Waals surface area contributed by atoms with Gasteiger partial charge in [-0.05, 0) is 51.4 Å². The molecular weight excluding hydrogens is 615 g/mol. The first kappa shape index (κ1) is 44.8. The van der Waals surface area contributed by atoms with Gasteiger partial charge in [-0.3, -0.25) is 14.1 Å². The van der Waals surface area contributed by atoms with Crippen molar-refractivity contribution in [3.63, 3.8) is 0 Å². The van der Waals surface area contributed by atoms with Crippen molar-refractivity contribution in [1.29, 1.82) is 0 Å². The van der Waals surface area contributed by atoms with Crippen LogP contribution in [0.5, 0.6) is 0 Å². The zero-order valence-electron chi connectivity index (χ0n) is 29.4. The first-order valence-electron chi connectivity index (χ1n) is 18.1. The minimum Gasteiger partial charge on any atom is -0.462 e. The molecule has 0 amide bonds. The van der Waals surface area contributed by atoms with Gasteiger partial charge in [0.15, 0.2) is 6.10 Å². The molecule has 0 aromatic rings. The van der Waals surface area contributed by atoms with E-state index in [1.54, 1.807) is 0 Å². The van der Waals surface area contributed by atoms with Crippen molar-refractivity contribution in [1.82, 2.24) is 0 Å². The van der Waals surface area contributed by atoms with Gasteiger partial charge >= 0.3 is 19.8 Å². The summed E-state index contributed by atoms with van der Waals surface area (Å²) >= 11 is 0. The van der Waals surface area contributed by atoms with Gasteiger partial charge in [-0.25, -0.2) is 4.57 Å². The van der Waals surface area contributed by atoms with Crippen molar-refractivity contribution in [2.24, 2.45) is 0 Å². The van der Waals surface area contributed by atoms with E-state index in [2.05, 4.69) is 67.0 Å². The summed E-state index contributed by atoms with van der Waals surface area (Å²) in [6.07, 6.45) is 40.9. The highest BCUT2D eigenvalue weighted by atomic mass is 31.2. The summed E-state index contributed by atoms with van der Waals surface area (Å²) in [7, 11) is -4.76. The first-order valence-corrected chi connectivity index (χ1v) is 19.6. The van der Waals surface area contributed by atoms with Gasteiger partial charge in [0, 0.05) is 12.8 Å². The second kappa shape index (κ2) is 33.6. The molecule has 0 heterocycles. The fourth-order valence-corrected chi connectivity index (χ4v) is 5.00. The van der Waals surface area contributed by atoms with Crippen LogP contribution in [0.1, 0.15) is 149 Å². The highest BCUT2D eigenvalue weighted by molar-refractivity contribution is 7.46. The zero-order valence-corrected chi connectivity index (χ0v) is 30.3. The van der Waals surface area contributed by atoms with Crippen molar-refractivity contribution in [2.75, 3.05) is 13.2 Å². The van der Waals surface area contributed by atoms with E-state index in [-0.39, 0.29) is 19.4 Å². The van der Waals surface area contributed by atoms with E-state index >= 15 is 0 Å². The number of unbranched alkanes of at least 4 members (excludes halogenated alkanes) is 12. The molecule has 270 valence electrons. The van der Waals surface area contributed by atoms with Crippen molar-refractivity contribution in [2.45, 2.75) is 155 Å². The fourth-order valence-electron chi connectivity index (χ4n) is 4.64. The number of hydrogen-bond acceptors (Lipinski definition) is 6. The molecule has 0 unspecified atom stereocenters. The molecule has 0 aromatic carbocycles. The van der Waals surface area contributed by atoms with Gasteiger partial charge in [0.25, 0.3) is 0 Å². The van der Waals surface area contributed by atoms with Crippen LogP contribution < -0.4 is 0 Å². The van der Waals surface area contributed by atoms with E-state index in [1.165, 1.54) is 57.8 Å². The molecule has 9 heteroatoms. The predicted octanol–water partition coefficient (Wildman–Crippen LogP) is 10.6. The Morgan fingerprint density at radius 3 is 1.51 bits per heavy atom. The number of rotatable bonds is 32. The molecular formula is C38H65O8P. The van der Waals surface area contributed by atoms with Gasteiger partial charge in [0.05, 0.1) is 6.61 Å². The molecule has 0 aliphatic carbocycles. The maximum Gasteiger partial charge on any atom is 0.469 e. The van der Waals surface area contributed by atoms with Crippen LogP contribution >= 0.6 is 7.82 Å². The average Bonchev–Trinajstić information content (AvgIpc) is 3.04. The normalized spacial score (nSPS) is 13.2. The smallest absolute Gasteiger partial charge is 0.462 e. The van der Waals surface area contributed by atoms with Crippen LogP contribution in [-0.2, 0) is 28.2 Å². The van der Waals surface area contributed by atoms with E-state index < -0.39 is 32.5 Å². The minimum atomic E-state index is -4.76. The SMILES string of the molecule is CC/C=C/C/C=C/C/C=C/C/C=C/C/C=C/CCCC(=O)O[C@H](COC(=O)CCCCCCCCCCCCCC)COP(=O)(O)O. The Bertz CT molecular complexity index is 947. The van der Waals surface area contributed by atoms with Crippen molar-refractivity contribution < 1.29 is 37.9 Å². The molecule has 0 radical (unpaired) electrons. The van der Waals surface area contributed by atoms with E-state index in [0.29, 0.717) is 12.8 Å². The van der Waals surface area contributed by atoms with Crippen LogP contribution in [-0.4, -0.2) is 41.0 Å². The second-order valence-electron chi connectivity index (χ2n) is 11.8. The Balaban J connectivity index is 4.11. The highest BCUT2D eigenvalue weighted by Crippen LogP contribution is 2.35. The number of ether oxygens (including phenoxy) is 2. The van der Waals surface area contributed by atoms with Gasteiger partial charge in [0.1, 0.15) is 6.61 Å². The largest absolute Gasteiger partial charge is 0.469 e. The Morgan fingerprint density at radius 1 is 0.574 bits per heavy atom. The van der Waals surface area contributed by atoms with Gasteiger partial charge in [-0.2, -0.15) is 0 Å². The predicted molar refractivity (Wildman–Crippen MR) is 193 cm³/mol. The number of carbonyl (C=O) groups excluding carboxylic acids is 2. The number of allylic oxidation sites excluding steroid dienone is 10. The number of phosphoric acid groups is 1. The second-order valence-corrected chi connectivity index (χ2v) is 13.1. The van der Waals surface area contributed by atoms with E-state index in [9.17, 15) is 14.2 Å². The summed E-state index contributed by atoms with van der Waals surface area (Å²) in [5, 5.41) is 0. The van der Waals surface area contributed by atoms with Crippen LogP contribution in [0.2, 0.25) is 0 Å². The van der Waals surface area contributed by atoms with Crippen LogP contribution in [0, 0.1) is 0 Å². The average molecular weight is 681 g/mol. The highest BCUT2D eigenvalue weighted by Gasteiger charge is 2.22. The summed E-state index contributed by atoms with van der Waals surface area (Å²) in [5.74, 6) is -0.957. The lowest BCUT2D eigenvalue weighted by molar-refractivity contribution is -0.161. The maximum absolute atomic E-state index is 12.3. The molecule has 0 saturated carbocycles. The topological polar surface area (TPSA) is 119 Å².